The van der Waals surface area contributed by atoms with Gasteiger partial charge in [-0.15, -0.1) is 5.10 Å². The lowest BCUT2D eigenvalue weighted by molar-refractivity contribution is 0.357. The Morgan fingerprint density at radius 3 is 2.74 bits per heavy atom. The molecule has 0 bridgehead atoms. The van der Waals surface area contributed by atoms with Crippen molar-refractivity contribution in [2.75, 3.05) is 11.9 Å². The Morgan fingerprint density at radius 2 is 1.85 bits per heavy atom. The van der Waals surface area contributed by atoms with E-state index >= 15 is 0 Å². The summed E-state index contributed by atoms with van der Waals surface area (Å²) in [5.41, 5.74) is 5.46. The number of hydrogen-bond acceptors (Lipinski definition) is 3. The minimum Gasteiger partial charge on any atom is -0.493 e. The molecule has 0 fully saturated rings. The van der Waals surface area contributed by atoms with Gasteiger partial charge in [0.2, 0.25) is 0 Å². The molecular formula is C22H18FN3O. The molecule has 134 valence electrons. The summed E-state index contributed by atoms with van der Waals surface area (Å²) in [6.45, 7) is 1.34. The van der Waals surface area contributed by atoms with E-state index in [1.165, 1.54) is 17.7 Å². The third-order valence-electron chi connectivity index (χ3n) is 4.88. The quantitative estimate of drug-likeness (QED) is 0.575. The Balaban J connectivity index is 1.44. The maximum absolute atomic E-state index is 13.0. The van der Waals surface area contributed by atoms with E-state index in [-0.39, 0.29) is 5.82 Å². The van der Waals surface area contributed by atoms with E-state index in [0.717, 1.165) is 46.9 Å². The summed E-state index contributed by atoms with van der Waals surface area (Å²) in [6.07, 6.45) is 0.949. The topological polar surface area (TPSA) is 38.6 Å². The first-order chi connectivity index (χ1) is 13.3. The number of benzene rings is 2. The van der Waals surface area contributed by atoms with Crippen LogP contribution in [0.15, 0.2) is 66.7 Å². The fraction of sp³-hybridized carbons (Fsp3) is 0.136. The van der Waals surface area contributed by atoms with Crippen molar-refractivity contribution in [2.45, 2.75) is 13.0 Å². The molecule has 0 radical (unpaired) electrons. The van der Waals surface area contributed by atoms with Crippen LogP contribution in [-0.4, -0.2) is 16.2 Å². The number of anilines is 1. The molecule has 1 aliphatic heterocycles. The molecule has 2 aromatic carbocycles. The van der Waals surface area contributed by atoms with Crippen molar-refractivity contribution in [1.29, 1.82) is 0 Å². The number of hydrogen-bond donors (Lipinski definition) is 1. The summed E-state index contributed by atoms with van der Waals surface area (Å²) >= 11 is 0. The maximum Gasteiger partial charge on any atom is 0.147 e. The summed E-state index contributed by atoms with van der Waals surface area (Å²) in [5, 5.41) is 8.05. The predicted octanol–water partition coefficient (Wildman–Crippen LogP) is 4.69. The van der Waals surface area contributed by atoms with Crippen LogP contribution >= 0.6 is 0 Å². The average Bonchev–Trinajstić information content (AvgIpc) is 3.33. The second-order valence-electron chi connectivity index (χ2n) is 6.67. The third kappa shape index (κ3) is 3.01. The van der Waals surface area contributed by atoms with E-state index in [2.05, 4.69) is 29.6 Å². The highest BCUT2D eigenvalue weighted by atomic mass is 19.1. The van der Waals surface area contributed by atoms with Crippen LogP contribution in [-0.2, 0) is 13.0 Å². The zero-order valence-electron chi connectivity index (χ0n) is 14.7. The smallest absolute Gasteiger partial charge is 0.147 e. The molecule has 0 spiro atoms. The van der Waals surface area contributed by atoms with E-state index in [9.17, 15) is 4.39 Å². The van der Waals surface area contributed by atoms with Gasteiger partial charge in [0.25, 0.3) is 0 Å². The number of ether oxygens (including phenoxy) is 1. The fourth-order valence-corrected chi connectivity index (χ4v) is 3.44. The van der Waals surface area contributed by atoms with Gasteiger partial charge in [-0.1, -0.05) is 12.1 Å². The van der Waals surface area contributed by atoms with Gasteiger partial charge in [0.05, 0.1) is 17.8 Å². The first-order valence-corrected chi connectivity index (χ1v) is 8.99. The largest absolute Gasteiger partial charge is 0.493 e. The molecule has 0 atom stereocenters. The summed E-state index contributed by atoms with van der Waals surface area (Å²) in [6, 6.07) is 20.9. The molecule has 4 aromatic rings. The predicted molar refractivity (Wildman–Crippen MR) is 104 cm³/mol. The molecule has 4 nitrogen and oxygen atoms in total. The van der Waals surface area contributed by atoms with E-state index in [1.807, 2.05) is 22.7 Å². The standard InChI is InChI=1S/C22H18FN3O/c23-18-4-1-15(2-5-18)14-24-22-10-7-19-6-8-20(26(19)25-22)16-3-9-21-17(13-16)11-12-27-21/h1-10,13H,11-12,14H2,(H,24,25). The summed E-state index contributed by atoms with van der Waals surface area (Å²) < 4.78 is 20.6. The molecule has 1 aliphatic rings. The third-order valence-corrected chi connectivity index (χ3v) is 4.88. The van der Waals surface area contributed by atoms with Gasteiger partial charge in [0, 0.05) is 18.5 Å². The number of nitrogens with one attached hydrogen (secondary N) is 1. The van der Waals surface area contributed by atoms with Crippen LogP contribution in [0.25, 0.3) is 16.8 Å². The Labute approximate surface area is 156 Å². The number of fused-ring (bicyclic) bond motifs is 2. The number of rotatable bonds is 4. The number of aromatic nitrogens is 2. The van der Waals surface area contributed by atoms with Gasteiger partial charge in [-0.2, -0.15) is 0 Å². The van der Waals surface area contributed by atoms with E-state index < -0.39 is 0 Å². The van der Waals surface area contributed by atoms with Crippen LogP contribution in [0.4, 0.5) is 10.2 Å². The van der Waals surface area contributed by atoms with Crippen LogP contribution in [0.1, 0.15) is 11.1 Å². The van der Waals surface area contributed by atoms with Gasteiger partial charge < -0.3 is 10.1 Å². The molecule has 0 saturated heterocycles. The minimum absolute atomic E-state index is 0.227. The van der Waals surface area contributed by atoms with E-state index in [1.54, 1.807) is 12.1 Å². The maximum atomic E-state index is 13.0. The summed E-state index contributed by atoms with van der Waals surface area (Å²) in [5.74, 6) is 1.53. The molecule has 0 amide bonds. The van der Waals surface area contributed by atoms with Gasteiger partial charge in [0.15, 0.2) is 0 Å². The Bertz CT molecular complexity index is 1120. The highest BCUT2D eigenvalue weighted by Crippen LogP contribution is 2.31. The molecular weight excluding hydrogens is 341 g/mol. The van der Waals surface area contributed by atoms with E-state index in [4.69, 9.17) is 9.84 Å². The molecule has 1 N–H and O–H groups in total. The van der Waals surface area contributed by atoms with E-state index in [0.29, 0.717) is 6.54 Å². The van der Waals surface area contributed by atoms with Gasteiger partial charge >= 0.3 is 0 Å². The second-order valence-corrected chi connectivity index (χ2v) is 6.67. The Hall–Kier alpha value is -3.34. The minimum atomic E-state index is -0.227. The highest BCUT2D eigenvalue weighted by molar-refractivity contribution is 5.69. The lowest BCUT2D eigenvalue weighted by Crippen LogP contribution is -2.04. The van der Waals surface area contributed by atoms with Crippen LogP contribution < -0.4 is 10.1 Å². The molecule has 0 saturated carbocycles. The number of halogens is 1. The monoisotopic (exact) mass is 359 g/mol. The van der Waals surface area contributed by atoms with Crippen molar-refractivity contribution < 1.29 is 9.13 Å². The van der Waals surface area contributed by atoms with Crippen LogP contribution in [0, 0.1) is 5.82 Å². The van der Waals surface area contributed by atoms with Gasteiger partial charge in [-0.25, -0.2) is 8.91 Å². The zero-order chi connectivity index (χ0) is 18.2. The SMILES string of the molecule is Fc1ccc(CNc2ccc3ccc(-c4ccc5c(c4)CCO5)n3n2)cc1. The van der Waals surface area contributed by atoms with Crippen LogP contribution in [0.2, 0.25) is 0 Å². The second kappa shape index (κ2) is 6.43. The van der Waals surface area contributed by atoms with Crippen molar-refractivity contribution in [3.05, 3.63) is 83.7 Å². The molecule has 0 unspecified atom stereocenters. The normalized spacial score (nSPS) is 12.8. The van der Waals surface area contributed by atoms with Gasteiger partial charge in [-0.3, -0.25) is 0 Å². The fourth-order valence-electron chi connectivity index (χ4n) is 3.44. The molecule has 0 aliphatic carbocycles. The lowest BCUT2D eigenvalue weighted by Gasteiger charge is -2.09. The zero-order valence-corrected chi connectivity index (χ0v) is 14.7. The first-order valence-electron chi connectivity index (χ1n) is 8.99. The molecule has 5 heteroatoms. The Kier molecular flexibility index (Phi) is 3.78. The van der Waals surface area contributed by atoms with Gasteiger partial charge in [-0.05, 0) is 65.7 Å². The van der Waals surface area contributed by atoms with Crippen molar-refractivity contribution in [3.8, 4) is 17.0 Å². The first kappa shape index (κ1) is 15.9. The summed E-state index contributed by atoms with van der Waals surface area (Å²) in [4.78, 5) is 0. The van der Waals surface area contributed by atoms with Crippen molar-refractivity contribution in [1.82, 2.24) is 9.61 Å². The molecule has 3 heterocycles. The van der Waals surface area contributed by atoms with Crippen molar-refractivity contribution in [3.63, 3.8) is 0 Å². The molecule has 2 aromatic heterocycles. The molecule has 5 rings (SSSR count). The Morgan fingerprint density at radius 1 is 1.00 bits per heavy atom. The highest BCUT2D eigenvalue weighted by Gasteiger charge is 2.14. The number of nitrogens with zero attached hydrogens (tertiary/aromatic N) is 2. The van der Waals surface area contributed by atoms with Crippen molar-refractivity contribution >= 4 is 11.3 Å². The molecule has 27 heavy (non-hydrogen) atoms. The van der Waals surface area contributed by atoms with Gasteiger partial charge in [0.1, 0.15) is 17.4 Å². The lowest BCUT2D eigenvalue weighted by atomic mass is 10.1. The van der Waals surface area contributed by atoms with Crippen LogP contribution in [0.3, 0.4) is 0 Å². The summed E-state index contributed by atoms with van der Waals surface area (Å²) in [7, 11) is 0. The van der Waals surface area contributed by atoms with Crippen molar-refractivity contribution in [2.24, 2.45) is 0 Å². The average molecular weight is 359 g/mol. The van der Waals surface area contributed by atoms with Crippen LogP contribution in [0.5, 0.6) is 5.75 Å².